The Labute approximate surface area is 102 Å². The number of nitro groups is 1. The topological polar surface area (TPSA) is 56.0 Å². The van der Waals surface area contributed by atoms with E-state index < -0.39 is 4.92 Å². The van der Waals surface area contributed by atoms with E-state index in [1.807, 2.05) is 0 Å². The molecule has 6 heteroatoms. The van der Waals surface area contributed by atoms with Crippen LogP contribution >= 0.6 is 31.9 Å². The molecular weight excluding hydrogens is 328 g/mol. The van der Waals surface area contributed by atoms with Crippen molar-refractivity contribution in [3.8, 4) is 0 Å². The Morgan fingerprint density at radius 1 is 1.33 bits per heavy atom. The second kappa shape index (κ2) is 3.86. The number of hydrogen-bond donors (Lipinski definition) is 0. The fourth-order valence-electron chi connectivity index (χ4n) is 1.30. The van der Waals surface area contributed by atoms with Crippen molar-refractivity contribution < 1.29 is 4.92 Å². The first-order valence-corrected chi connectivity index (χ1v) is 5.56. The van der Waals surface area contributed by atoms with Crippen molar-refractivity contribution in [2.75, 3.05) is 0 Å². The Morgan fingerprint density at radius 3 is 2.73 bits per heavy atom. The number of fused-ring (bicyclic) bond motifs is 1. The molecular formula is C9H4Br2N2O2. The lowest BCUT2D eigenvalue weighted by Gasteiger charge is -2.01. The number of rotatable bonds is 1. The zero-order valence-electron chi connectivity index (χ0n) is 7.28. The number of benzene rings is 1. The lowest BCUT2D eigenvalue weighted by Crippen LogP contribution is -1.91. The number of non-ortho nitro benzene ring substituents is 1. The fraction of sp³-hybridized carbons (Fsp3) is 0. The summed E-state index contributed by atoms with van der Waals surface area (Å²) in [7, 11) is 0. The van der Waals surface area contributed by atoms with E-state index in [0.29, 0.717) is 10.9 Å². The number of halogens is 2. The van der Waals surface area contributed by atoms with Crippen molar-refractivity contribution >= 4 is 48.5 Å². The molecule has 0 amide bonds. The maximum Gasteiger partial charge on any atom is 0.278 e. The molecule has 15 heavy (non-hydrogen) atoms. The second-order valence-electron chi connectivity index (χ2n) is 2.87. The van der Waals surface area contributed by atoms with E-state index in [0.717, 1.165) is 8.95 Å². The van der Waals surface area contributed by atoms with Crippen LogP contribution in [0.5, 0.6) is 0 Å². The SMILES string of the molecule is O=[N+]([O-])c1ccc(Br)c2ncc(Br)cc12. The van der Waals surface area contributed by atoms with Gasteiger partial charge in [0.1, 0.15) is 0 Å². The molecule has 0 bridgehead atoms. The molecule has 0 saturated carbocycles. The summed E-state index contributed by atoms with van der Waals surface area (Å²) in [4.78, 5) is 14.5. The van der Waals surface area contributed by atoms with Gasteiger partial charge in [-0.1, -0.05) is 0 Å². The molecule has 76 valence electrons. The van der Waals surface area contributed by atoms with Gasteiger partial charge in [-0.15, -0.1) is 0 Å². The van der Waals surface area contributed by atoms with Gasteiger partial charge >= 0.3 is 0 Å². The summed E-state index contributed by atoms with van der Waals surface area (Å²) >= 11 is 6.54. The van der Waals surface area contributed by atoms with Gasteiger partial charge in [0, 0.05) is 21.2 Å². The van der Waals surface area contributed by atoms with Crippen molar-refractivity contribution in [2.45, 2.75) is 0 Å². The first-order chi connectivity index (χ1) is 7.09. The molecule has 1 aromatic heterocycles. The highest BCUT2D eigenvalue weighted by atomic mass is 79.9. The molecule has 0 atom stereocenters. The van der Waals surface area contributed by atoms with E-state index in [2.05, 4.69) is 36.8 Å². The Bertz CT molecular complexity index is 557. The molecule has 1 heterocycles. The Kier molecular flexibility index (Phi) is 2.70. The standard InChI is InChI=1S/C9H4Br2N2O2/c10-5-3-6-8(13(14)15)2-1-7(11)9(6)12-4-5/h1-4H. The predicted molar refractivity (Wildman–Crippen MR) is 63.8 cm³/mol. The summed E-state index contributed by atoms with van der Waals surface area (Å²) in [5.74, 6) is 0. The van der Waals surface area contributed by atoms with Crippen LogP contribution in [0.15, 0.2) is 33.3 Å². The van der Waals surface area contributed by atoms with Gasteiger partial charge < -0.3 is 0 Å². The third kappa shape index (κ3) is 1.87. The minimum absolute atomic E-state index is 0.0574. The quantitative estimate of drug-likeness (QED) is 0.591. The van der Waals surface area contributed by atoms with Crippen LogP contribution in [0.2, 0.25) is 0 Å². The maximum absolute atomic E-state index is 10.8. The first kappa shape index (κ1) is 10.5. The Morgan fingerprint density at radius 2 is 2.07 bits per heavy atom. The van der Waals surface area contributed by atoms with Crippen LogP contribution in [0.1, 0.15) is 0 Å². The van der Waals surface area contributed by atoms with Gasteiger partial charge in [0.2, 0.25) is 0 Å². The van der Waals surface area contributed by atoms with Crippen LogP contribution in [0.4, 0.5) is 5.69 Å². The third-order valence-corrected chi connectivity index (χ3v) is 3.01. The molecule has 0 N–H and O–H groups in total. The van der Waals surface area contributed by atoms with E-state index in [1.54, 1.807) is 18.3 Å². The molecule has 0 aliphatic carbocycles. The Balaban J connectivity index is 2.90. The molecule has 2 rings (SSSR count). The average Bonchev–Trinajstić information content (AvgIpc) is 2.17. The lowest BCUT2D eigenvalue weighted by molar-refractivity contribution is -0.383. The van der Waals surface area contributed by atoms with Crippen LogP contribution in [-0.4, -0.2) is 9.91 Å². The molecule has 0 radical (unpaired) electrons. The van der Waals surface area contributed by atoms with Crippen molar-refractivity contribution in [3.05, 3.63) is 43.5 Å². The number of nitrogens with zero attached hydrogens (tertiary/aromatic N) is 2. The van der Waals surface area contributed by atoms with E-state index in [4.69, 9.17) is 0 Å². The van der Waals surface area contributed by atoms with Crippen molar-refractivity contribution in [3.63, 3.8) is 0 Å². The monoisotopic (exact) mass is 330 g/mol. The number of nitro benzene ring substituents is 1. The zero-order chi connectivity index (χ0) is 11.0. The largest absolute Gasteiger partial charge is 0.278 e. The van der Waals surface area contributed by atoms with Crippen LogP contribution in [-0.2, 0) is 0 Å². The number of pyridine rings is 1. The van der Waals surface area contributed by atoms with Crippen molar-refractivity contribution in [1.29, 1.82) is 0 Å². The highest BCUT2D eigenvalue weighted by Gasteiger charge is 2.14. The van der Waals surface area contributed by atoms with Crippen LogP contribution in [0.3, 0.4) is 0 Å². The van der Waals surface area contributed by atoms with E-state index >= 15 is 0 Å². The fourth-order valence-corrected chi connectivity index (χ4v) is 2.08. The Hall–Kier alpha value is -1.01. The van der Waals surface area contributed by atoms with Crippen LogP contribution in [0.25, 0.3) is 10.9 Å². The van der Waals surface area contributed by atoms with Gasteiger partial charge in [0.05, 0.1) is 15.8 Å². The molecule has 0 saturated heterocycles. The molecule has 0 aliphatic rings. The predicted octanol–water partition coefficient (Wildman–Crippen LogP) is 3.67. The summed E-state index contributed by atoms with van der Waals surface area (Å²) in [6.45, 7) is 0. The van der Waals surface area contributed by atoms with Gasteiger partial charge in [0.25, 0.3) is 5.69 Å². The van der Waals surface area contributed by atoms with E-state index in [1.165, 1.54) is 6.07 Å². The molecule has 1 aromatic carbocycles. The van der Waals surface area contributed by atoms with Crippen LogP contribution < -0.4 is 0 Å². The third-order valence-electron chi connectivity index (χ3n) is 1.94. The molecule has 0 spiro atoms. The summed E-state index contributed by atoms with van der Waals surface area (Å²) in [6.07, 6.45) is 1.61. The second-order valence-corrected chi connectivity index (χ2v) is 4.64. The highest BCUT2D eigenvalue weighted by molar-refractivity contribution is 9.11. The number of aromatic nitrogens is 1. The summed E-state index contributed by atoms with van der Waals surface area (Å²) in [6, 6.07) is 4.77. The molecule has 2 aromatic rings. The minimum atomic E-state index is -0.414. The van der Waals surface area contributed by atoms with Gasteiger partial charge in [-0.2, -0.15) is 0 Å². The van der Waals surface area contributed by atoms with Gasteiger partial charge in [-0.3, -0.25) is 15.1 Å². The molecule has 0 aliphatic heterocycles. The van der Waals surface area contributed by atoms with Crippen LogP contribution in [0, 0.1) is 10.1 Å². The maximum atomic E-state index is 10.8. The summed E-state index contributed by atoms with van der Waals surface area (Å²) < 4.78 is 1.46. The van der Waals surface area contributed by atoms with Gasteiger partial charge in [0.15, 0.2) is 0 Å². The smallest absolute Gasteiger partial charge is 0.258 e. The van der Waals surface area contributed by atoms with Gasteiger partial charge in [-0.05, 0) is 44.0 Å². The minimum Gasteiger partial charge on any atom is -0.258 e. The molecule has 0 fully saturated rings. The highest BCUT2D eigenvalue weighted by Crippen LogP contribution is 2.31. The van der Waals surface area contributed by atoms with E-state index in [-0.39, 0.29) is 5.69 Å². The number of hydrogen-bond acceptors (Lipinski definition) is 3. The average molecular weight is 332 g/mol. The first-order valence-electron chi connectivity index (χ1n) is 3.98. The summed E-state index contributed by atoms with van der Waals surface area (Å²) in [5, 5.41) is 11.3. The van der Waals surface area contributed by atoms with E-state index in [9.17, 15) is 10.1 Å². The summed E-state index contributed by atoms with van der Waals surface area (Å²) in [5.41, 5.74) is 0.648. The van der Waals surface area contributed by atoms with Crippen molar-refractivity contribution in [1.82, 2.24) is 4.98 Å². The lowest BCUT2D eigenvalue weighted by atomic mass is 10.2. The normalized spacial score (nSPS) is 10.5. The van der Waals surface area contributed by atoms with Gasteiger partial charge in [-0.25, -0.2) is 0 Å². The molecule has 4 nitrogen and oxygen atoms in total. The van der Waals surface area contributed by atoms with Crippen molar-refractivity contribution in [2.24, 2.45) is 0 Å². The zero-order valence-corrected chi connectivity index (χ0v) is 10.4. The molecule has 0 unspecified atom stereocenters.